The second-order valence-electron chi connectivity index (χ2n) is 3.09. The molecule has 0 atom stereocenters. The van der Waals surface area contributed by atoms with Crippen molar-refractivity contribution in [1.29, 1.82) is 0 Å². The van der Waals surface area contributed by atoms with Crippen LogP contribution in [-0.4, -0.2) is 29.6 Å². The second-order valence-corrected chi connectivity index (χ2v) is 3.48. The molecule has 1 N–H and O–H groups in total. The summed E-state index contributed by atoms with van der Waals surface area (Å²) in [6.07, 6.45) is 1.51. The molecule has 0 bridgehead atoms. The number of halogens is 1. The maximum absolute atomic E-state index is 10.4. The minimum Gasteiger partial charge on any atom is -0.351 e. The van der Waals surface area contributed by atoms with Gasteiger partial charge in [0.15, 0.2) is 5.03 Å². The molecule has 0 saturated heterocycles. The van der Waals surface area contributed by atoms with Crippen molar-refractivity contribution in [2.75, 3.05) is 18.5 Å². The fourth-order valence-electron chi connectivity index (χ4n) is 1.15. The lowest BCUT2D eigenvalue weighted by molar-refractivity contribution is -0.485. The van der Waals surface area contributed by atoms with Gasteiger partial charge in [0, 0.05) is 13.6 Å². The lowest BCUT2D eigenvalue weighted by Gasteiger charge is -2.18. The zero-order valence-electron chi connectivity index (χ0n) is 9.42. The van der Waals surface area contributed by atoms with Crippen LogP contribution in [0.3, 0.4) is 0 Å². The Labute approximate surface area is 103 Å². The predicted molar refractivity (Wildman–Crippen MR) is 65.8 cm³/mol. The summed E-state index contributed by atoms with van der Waals surface area (Å²) in [5, 5.41) is 16.1. The summed E-state index contributed by atoms with van der Waals surface area (Å²) in [7, 11) is 1.65. The highest BCUT2D eigenvalue weighted by Gasteiger charge is 2.12. The molecular weight excluding hydrogens is 246 g/mol. The lowest BCUT2D eigenvalue weighted by Crippen LogP contribution is -2.39. The molecule has 8 heteroatoms. The number of aromatic nitrogens is 1. The monoisotopic (exact) mass is 257 g/mol. The summed E-state index contributed by atoms with van der Waals surface area (Å²) in [4.78, 5) is 15.8. The fourth-order valence-corrected chi connectivity index (χ4v) is 1.26. The van der Waals surface area contributed by atoms with Crippen molar-refractivity contribution in [3.63, 3.8) is 0 Å². The van der Waals surface area contributed by atoms with Gasteiger partial charge in [-0.2, -0.15) is 0 Å². The Morgan fingerprint density at radius 2 is 2.41 bits per heavy atom. The summed E-state index contributed by atoms with van der Waals surface area (Å²) in [5.41, 5.74) is 0.649. The largest absolute Gasteiger partial charge is 0.351 e. The first kappa shape index (κ1) is 13.2. The van der Waals surface area contributed by atoms with Crippen molar-refractivity contribution in [2.24, 2.45) is 5.10 Å². The van der Waals surface area contributed by atoms with Crippen molar-refractivity contribution in [2.45, 2.75) is 6.92 Å². The van der Waals surface area contributed by atoms with Gasteiger partial charge in [-0.3, -0.25) is 0 Å². The highest BCUT2D eigenvalue weighted by Crippen LogP contribution is 2.13. The molecule has 1 aromatic rings. The van der Waals surface area contributed by atoms with Gasteiger partial charge in [-0.1, -0.05) is 11.6 Å². The van der Waals surface area contributed by atoms with E-state index in [2.05, 4.69) is 15.4 Å². The molecule has 0 spiro atoms. The zero-order chi connectivity index (χ0) is 12.8. The topological polar surface area (TPSA) is 83.7 Å². The minimum atomic E-state index is -0.752. The first-order valence-electron chi connectivity index (χ1n) is 4.86. The number of rotatable bonds is 3. The van der Waals surface area contributed by atoms with Crippen molar-refractivity contribution in [1.82, 2.24) is 10.3 Å². The Balaban J connectivity index is 2.95. The second kappa shape index (κ2) is 6.00. The molecule has 1 rings (SSSR count). The van der Waals surface area contributed by atoms with Crippen LogP contribution < -0.4 is 10.2 Å². The van der Waals surface area contributed by atoms with E-state index in [9.17, 15) is 10.1 Å². The normalized spacial score (nSPS) is 11.1. The van der Waals surface area contributed by atoms with E-state index in [0.717, 1.165) is 0 Å². The van der Waals surface area contributed by atoms with Gasteiger partial charge in [-0.05, 0) is 19.1 Å². The third-order valence-electron chi connectivity index (χ3n) is 1.93. The summed E-state index contributed by atoms with van der Waals surface area (Å²) >= 11 is 5.66. The molecule has 1 aromatic heterocycles. The van der Waals surface area contributed by atoms with Crippen LogP contribution in [0.1, 0.15) is 6.92 Å². The number of anilines is 1. The number of nitrogens with one attached hydrogen (secondary N) is 1. The van der Waals surface area contributed by atoms with Crippen LogP contribution in [0.15, 0.2) is 23.4 Å². The molecule has 0 aliphatic carbocycles. The van der Waals surface area contributed by atoms with Crippen LogP contribution >= 0.6 is 11.6 Å². The Bertz CT molecular complexity index is 420. The number of guanidine groups is 1. The van der Waals surface area contributed by atoms with E-state index in [1.807, 2.05) is 6.92 Å². The van der Waals surface area contributed by atoms with E-state index in [1.54, 1.807) is 19.2 Å². The van der Waals surface area contributed by atoms with E-state index >= 15 is 0 Å². The Hall–Kier alpha value is -1.89. The fraction of sp³-hybridized carbons (Fsp3) is 0.333. The molecule has 0 saturated carbocycles. The Morgan fingerprint density at radius 1 is 1.71 bits per heavy atom. The first-order chi connectivity index (χ1) is 8.04. The number of hydrogen-bond acceptors (Lipinski definition) is 3. The number of hydrazone groups is 1. The number of nitro groups is 1. The molecule has 0 radical (unpaired) electrons. The van der Waals surface area contributed by atoms with Crippen LogP contribution in [0.2, 0.25) is 5.15 Å². The number of hydrogen-bond donors (Lipinski definition) is 1. The molecule has 92 valence electrons. The van der Waals surface area contributed by atoms with Crippen LogP contribution in [0.4, 0.5) is 5.69 Å². The van der Waals surface area contributed by atoms with Crippen molar-refractivity contribution >= 4 is 23.2 Å². The van der Waals surface area contributed by atoms with Gasteiger partial charge in [0.1, 0.15) is 10.3 Å². The zero-order valence-corrected chi connectivity index (χ0v) is 10.2. The van der Waals surface area contributed by atoms with Crippen molar-refractivity contribution in [3.8, 4) is 0 Å². The van der Waals surface area contributed by atoms with E-state index < -0.39 is 5.03 Å². The molecule has 0 fully saturated rings. The average Bonchev–Trinajstić information content (AvgIpc) is 2.28. The Kier molecular flexibility index (Phi) is 4.65. The smallest absolute Gasteiger partial charge is 0.275 e. The molecule has 0 aliphatic rings. The lowest BCUT2D eigenvalue weighted by atomic mass is 10.4. The maximum atomic E-state index is 10.4. The molecule has 0 aliphatic heterocycles. The first-order valence-corrected chi connectivity index (χ1v) is 5.24. The summed E-state index contributed by atoms with van der Waals surface area (Å²) in [6.45, 7) is 2.35. The predicted octanol–water partition coefficient (Wildman–Crippen LogP) is 1.33. The van der Waals surface area contributed by atoms with Gasteiger partial charge in [0.05, 0.1) is 11.9 Å². The van der Waals surface area contributed by atoms with Gasteiger partial charge < -0.3 is 10.2 Å². The standard InChI is InChI=1S/C9H12ClN5O2/c1-3-11-9(13-15(16)17)14(2)7-4-5-8(10)12-6-7/h4-6H,3H2,1-2H3,(H,11,13). The molecular formula is C9H12ClN5O2. The molecule has 7 nitrogen and oxygen atoms in total. The average molecular weight is 258 g/mol. The third kappa shape index (κ3) is 3.87. The molecule has 0 unspecified atom stereocenters. The van der Waals surface area contributed by atoms with E-state index in [0.29, 0.717) is 17.4 Å². The Morgan fingerprint density at radius 3 is 2.88 bits per heavy atom. The highest BCUT2D eigenvalue weighted by atomic mass is 35.5. The minimum absolute atomic E-state index is 0.140. The van der Waals surface area contributed by atoms with E-state index in [4.69, 9.17) is 11.6 Å². The summed E-state index contributed by atoms with van der Waals surface area (Å²) in [6, 6.07) is 3.30. The number of pyridine rings is 1. The van der Waals surface area contributed by atoms with Crippen LogP contribution in [0.5, 0.6) is 0 Å². The van der Waals surface area contributed by atoms with Crippen molar-refractivity contribution in [3.05, 3.63) is 33.6 Å². The summed E-state index contributed by atoms with van der Waals surface area (Å²) < 4.78 is 0. The SMILES string of the molecule is CCNC(=N[N+](=O)[O-])N(C)c1ccc(Cl)nc1. The molecule has 1 heterocycles. The quantitative estimate of drug-likeness (QED) is 0.290. The van der Waals surface area contributed by atoms with Gasteiger partial charge >= 0.3 is 0 Å². The molecule has 17 heavy (non-hydrogen) atoms. The van der Waals surface area contributed by atoms with Gasteiger partial charge in [0.25, 0.3) is 5.96 Å². The highest BCUT2D eigenvalue weighted by molar-refractivity contribution is 6.29. The van der Waals surface area contributed by atoms with Crippen LogP contribution in [-0.2, 0) is 0 Å². The van der Waals surface area contributed by atoms with E-state index in [-0.39, 0.29) is 5.96 Å². The molecule has 0 aromatic carbocycles. The van der Waals surface area contributed by atoms with Crippen LogP contribution in [0, 0.1) is 10.1 Å². The maximum Gasteiger partial charge on any atom is 0.275 e. The van der Waals surface area contributed by atoms with Gasteiger partial charge in [-0.15, -0.1) is 0 Å². The molecule has 0 amide bonds. The summed E-state index contributed by atoms with van der Waals surface area (Å²) in [5.74, 6) is 0.140. The number of nitrogens with zero attached hydrogens (tertiary/aromatic N) is 4. The van der Waals surface area contributed by atoms with E-state index in [1.165, 1.54) is 11.1 Å². The van der Waals surface area contributed by atoms with Gasteiger partial charge in [-0.25, -0.2) is 15.1 Å². The van der Waals surface area contributed by atoms with Gasteiger partial charge in [0.2, 0.25) is 0 Å². The van der Waals surface area contributed by atoms with Crippen LogP contribution in [0.25, 0.3) is 0 Å². The third-order valence-corrected chi connectivity index (χ3v) is 2.15. The van der Waals surface area contributed by atoms with Crippen molar-refractivity contribution < 1.29 is 5.03 Å².